The number of fused-ring (bicyclic) bond motifs is 4. The van der Waals surface area contributed by atoms with E-state index in [1.165, 1.54) is 29.8 Å². The van der Waals surface area contributed by atoms with E-state index in [1.54, 1.807) is 23.0 Å². The topological polar surface area (TPSA) is 93.7 Å². The molecule has 3 aromatic heterocycles. The largest absolute Gasteiger partial charge is 0.465 e. The quantitative estimate of drug-likeness (QED) is 0.225. The summed E-state index contributed by atoms with van der Waals surface area (Å²) in [7, 11) is 9.24. The van der Waals surface area contributed by atoms with E-state index in [-0.39, 0.29) is 11.5 Å². The number of carbonyl (C=O) groups is 1. The third-order valence-corrected chi connectivity index (χ3v) is 9.09. The van der Waals surface area contributed by atoms with Crippen LogP contribution in [-0.4, -0.2) is 50.8 Å². The summed E-state index contributed by atoms with van der Waals surface area (Å²) in [5, 5.41) is 2.59. The molecular weight excluding hydrogens is 578 g/mol. The molecule has 8 nitrogen and oxygen atoms in total. The lowest BCUT2D eigenvalue weighted by Crippen LogP contribution is -2.17. The number of hydrogen-bond donors (Lipinski definition) is 1. The average Bonchev–Trinajstić information content (AvgIpc) is 3.52. The van der Waals surface area contributed by atoms with Crippen molar-refractivity contribution in [2.75, 3.05) is 50.8 Å². The Bertz CT molecular complexity index is 1960. The van der Waals surface area contributed by atoms with Gasteiger partial charge in [-0.2, -0.15) is 0 Å². The van der Waals surface area contributed by atoms with Crippen LogP contribution >= 0.6 is 34.3 Å². The minimum Gasteiger partial charge on any atom is -0.465 e. The first-order chi connectivity index (χ1) is 19.6. The van der Waals surface area contributed by atoms with Gasteiger partial charge in [-0.1, -0.05) is 23.7 Å². The molecule has 210 valence electrons. The number of nitrogens with two attached hydrogens (primary N) is 1. The van der Waals surface area contributed by atoms with E-state index in [2.05, 4.69) is 4.98 Å². The van der Waals surface area contributed by atoms with Crippen molar-refractivity contribution in [1.82, 2.24) is 9.55 Å². The smallest absolute Gasteiger partial charge is 0.350 e. The molecule has 0 aliphatic carbocycles. The van der Waals surface area contributed by atoms with Crippen LogP contribution in [0.3, 0.4) is 0 Å². The minimum absolute atomic E-state index is 0.0618. The second-order valence-electron chi connectivity index (χ2n) is 9.60. The number of methoxy groups -OCH3 is 1. The van der Waals surface area contributed by atoms with Gasteiger partial charge in [0.1, 0.15) is 15.9 Å². The van der Waals surface area contributed by atoms with Crippen LogP contribution < -0.4 is 21.1 Å². The zero-order valence-corrected chi connectivity index (χ0v) is 25.5. The van der Waals surface area contributed by atoms with Gasteiger partial charge < -0.3 is 20.3 Å². The molecule has 0 fully saturated rings. The Labute approximate surface area is 249 Å². The molecule has 0 saturated carbocycles. The lowest BCUT2D eigenvalue weighted by Gasteiger charge is -2.14. The fraction of sp³-hybridized carbons (Fsp3) is 0.167. The van der Waals surface area contributed by atoms with Gasteiger partial charge in [-0.05, 0) is 48.5 Å². The first-order valence-electron chi connectivity index (χ1n) is 12.5. The van der Waals surface area contributed by atoms with E-state index < -0.39 is 0 Å². The highest BCUT2D eigenvalue weighted by Gasteiger charge is 2.19. The molecule has 41 heavy (non-hydrogen) atoms. The van der Waals surface area contributed by atoms with Crippen molar-refractivity contribution in [2.45, 2.75) is 0 Å². The molecule has 0 unspecified atom stereocenters. The number of nitrogen functional groups attached to an aromatic ring is 1. The van der Waals surface area contributed by atoms with Crippen LogP contribution in [0, 0.1) is 0 Å². The molecule has 0 radical (unpaired) electrons. The lowest BCUT2D eigenvalue weighted by molar-refractivity contribution is 0.0607. The second kappa shape index (κ2) is 11.4. The van der Waals surface area contributed by atoms with Gasteiger partial charge in [0.15, 0.2) is 0 Å². The number of anilines is 3. The van der Waals surface area contributed by atoms with Gasteiger partial charge in [-0.25, -0.2) is 9.78 Å². The molecule has 0 amide bonds. The number of benzene rings is 3. The summed E-state index contributed by atoms with van der Waals surface area (Å²) in [5.41, 5.74) is 10.1. The number of aromatic nitrogens is 2. The number of carbonyl (C=O) groups excluding carboxylic acids is 1. The van der Waals surface area contributed by atoms with Gasteiger partial charge in [0.25, 0.3) is 5.56 Å². The summed E-state index contributed by atoms with van der Waals surface area (Å²) >= 11 is 8.77. The van der Waals surface area contributed by atoms with Gasteiger partial charge in [0, 0.05) is 64.8 Å². The van der Waals surface area contributed by atoms with Crippen LogP contribution in [0.2, 0.25) is 5.02 Å². The Morgan fingerprint density at radius 3 is 2.07 bits per heavy atom. The fourth-order valence-corrected chi connectivity index (χ4v) is 6.88. The summed E-state index contributed by atoms with van der Waals surface area (Å²) < 4.78 is 9.01. The standard InChI is InChI=1S/C18H14ClN3OS.C12H14N2O2S/c1-21(2)13-4-3-5-14-15(13)16-17(24-14)18(23)22(10-20-16)12-8-6-11(19)7-9-12;1-14(2)7-5-4-6-8-9(7)10(13)11(17-8)12(15)16-3/h3-10H,1-2H3;4-6H,13H2,1-3H3. The number of hydrogen-bond acceptors (Lipinski definition) is 9. The van der Waals surface area contributed by atoms with Crippen LogP contribution in [0.15, 0.2) is 71.8 Å². The van der Waals surface area contributed by atoms with Crippen molar-refractivity contribution in [3.05, 3.63) is 87.2 Å². The Balaban J connectivity index is 0.000000175. The molecule has 0 aliphatic heterocycles. The third-order valence-electron chi connectivity index (χ3n) is 6.55. The summed E-state index contributed by atoms with van der Waals surface area (Å²) in [6.45, 7) is 0. The minimum atomic E-state index is -0.381. The second-order valence-corrected chi connectivity index (χ2v) is 12.1. The number of esters is 1. The molecule has 3 aromatic carbocycles. The zero-order valence-electron chi connectivity index (χ0n) is 23.1. The van der Waals surface area contributed by atoms with Crippen molar-refractivity contribution < 1.29 is 9.53 Å². The molecule has 0 saturated heterocycles. The maximum atomic E-state index is 13.0. The van der Waals surface area contributed by atoms with Crippen LogP contribution in [0.4, 0.5) is 17.1 Å². The number of rotatable bonds is 4. The number of halogens is 1. The number of thiophene rings is 2. The Morgan fingerprint density at radius 1 is 0.902 bits per heavy atom. The van der Waals surface area contributed by atoms with Crippen molar-refractivity contribution in [3.8, 4) is 5.69 Å². The van der Waals surface area contributed by atoms with E-state index in [0.717, 1.165) is 42.8 Å². The predicted molar refractivity (Wildman–Crippen MR) is 174 cm³/mol. The Kier molecular flexibility index (Phi) is 7.90. The van der Waals surface area contributed by atoms with E-state index >= 15 is 0 Å². The number of ether oxygens (including phenoxy) is 1. The lowest BCUT2D eigenvalue weighted by atomic mass is 10.1. The molecule has 2 N–H and O–H groups in total. The fourth-order valence-electron chi connectivity index (χ4n) is 4.59. The normalized spacial score (nSPS) is 11.0. The number of nitrogens with zero attached hydrogens (tertiary/aromatic N) is 4. The van der Waals surface area contributed by atoms with Crippen molar-refractivity contribution in [3.63, 3.8) is 0 Å². The molecule has 6 rings (SSSR count). The molecule has 6 aromatic rings. The first kappa shape index (κ1) is 28.4. The van der Waals surface area contributed by atoms with E-state index in [9.17, 15) is 9.59 Å². The zero-order chi connectivity index (χ0) is 29.4. The van der Waals surface area contributed by atoms with Gasteiger partial charge >= 0.3 is 5.97 Å². The highest BCUT2D eigenvalue weighted by Crippen LogP contribution is 2.39. The van der Waals surface area contributed by atoms with Crippen molar-refractivity contribution in [2.24, 2.45) is 0 Å². The van der Waals surface area contributed by atoms with E-state index in [1.807, 2.05) is 86.5 Å². The SMILES string of the molecule is CN(C)c1cccc2sc3c(=O)n(-c4ccc(Cl)cc4)cnc3c12.COC(=O)c1sc2cccc(N(C)C)c2c1N. The maximum absolute atomic E-state index is 13.0. The van der Waals surface area contributed by atoms with Gasteiger partial charge in [0.2, 0.25) is 0 Å². The Morgan fingerprint density at radius 2 is 1.49 bits per heavy atom. The Hall–Kier alpha value is -4.12. The first-order valence-corrected chi connectivity index (χ1v) is 14.6. The average molecular weight is 606 g/mol. The van der Waals surface area contributed by atoms with Gasteiger partial charge in [-0.15, -0.1) is 22.7 Å². The van der Waals surface area contributed by atoms with E-state index in [4.69, 9.17) is 22.1 Å². The molecule has 11 heteroatoms. The molecule has 0 bridgehead atoms. The maximum Gasteiger partial charge on any atom is 0.350 e. The van der Waals surface area contributed by atoms with Crippen molar-refractivity contribution in [1.29, 1.82) is 0 Å². The molecule has 0 atom stereocenters. The van der Waals surface area contributed by atoms with Crippen LogP contribution in [-0.2, 0) is 4.74 Å². The monoisotopic (exact) mass is 605 g/mol. The van der Waals surface area contributed by atoms with Crippen LogP contribution in [0.25, 0.3) is 36.1 Å². The van der Waals surface area contributed by atoms with Crippen molar-refractivity contribution >= 4 is 87.7 Å². The molecular formula is C30H28ClN5O3S2. The summed E-state index contributed by atoms with van der Waals surface area (Å²) in [6, 6.07) is 19.1. The summed E-state index contributed by atoms with van der Waals surface area (Å²) in [6.07, 6.45) is 1.59. The highest BCUT2D eigenvalue weighted by atomic mass is 35.5. The summed E-state index contributed by atoms with van der Waals surface area (Å²) in [4.78, 5) is 33.6. The molecule has 3 heterocycles. The predicted octanol–water partition coefficient (Wildman–Crippen LogP) is 6.66. The molecule has 0 aliphatic rings. The molecule has 0 spiro atoms. The van der Waals surface area contributed by atoms with Crippen LogP contribution in [0.5, 0.6) is 0 Å². The summed E-state index contributed by atoms with van der Waals surface area (Å²) in [5.74, 6) is -0.381. The van der Waals surface area contributed by atoms with Crippen LogP contribution in [0.1, 0.15) is 9.67 Å². The van der Waals surface area contributed by atoms with Gasteiger partial charge in [-0.3, -0.25) is 9.36 Å². The van der Waals surface area contributed by atoms with Gasteiger partial charge in [0.05, 0.1) is 24.0 Å². The van der Waals surface area contributed by atoms with E-state index in [0.29, 0.717) is 20.3 Å². The highest BCUT2D eigenvalue weighted by molar-refractivity contribution is 7.25. The third kappa shape index (κ3) is 5.21.